The van der Waals surface area contributed by atoms with E-state index in [4.69, 9.17) is 18.9 Å². The fraction of sp³-hybridized carbons (Fsp3) is 0.875. The average molecular weight is 723 g/mol. The van der Waals surface area contributed by atoms with Gasteiger partial charge in [0.05, 0.1) is 25.4 Å². The number of rotatable bonds is 22. The Bertz CT molecular complexity index is 958. The highest BCUT2D eigenvalue weighted by molar-refractivity contribution is 5.28. The summed E-state index contributed by atoms with van der Waals surface area (Å²) in [6, 6.07) is 9.94. The second-order valence-electron chi connectivity index (χ2n) is 18.1. The molecule has 4 nitrogen and oxygen atoms in total. The van der Waals surface area contributed by atoms with Crippen LogP contribution in [0.15, 0.2) is 24.3 Å². The maximum Gasteiger partial charge on any atom is 0.157 e. The summed E-state index contributed by atoms with van der Waals surface area (Å²) in [5.74, 6) is 4.31. The van der Waals surface area contributed by atoms with Crippen LogP contribution in [-0.4, -0.2) is 38.0 Å². The molecule has 2 heterocycles. The summed E-state index contributed by atoms with van der Waals surface area (Å²) in [5.41, 5.74) is 3.16. The third-order valence-corrected chi connectivity index (χ3v) is 14.1. The maximum atomic E-state index is 6.37. The van der Waals surface area contributed by atoms with E-state index >= 15 is 0 Å². The fourth-order valence-electron chi connectivity index (χ4n) is 10.2. The molecule has 4 heteroatoms. The van der Waals surface area contributed by atoms with Gasteiger partial charge in [-0.2, -0.15) is 0 Å². The van der Waals surface area contributed by atoms with Gasteiger partial charge in [-0.1, -0.05) is 115 Å². The van der Waals surface area contributed by atoms with Crippen molar-refractivity contribution in [3.05, 3.63) is 35.4 Å². The van der Waals surface area contributed by atoms with Gasteiger partial charge in [0, 0.05) is 11.8 Å². The van der Waals surface area contributed by atoms with Crippen molar-refractivity contribution in [3.8, 4) is 0 Å². The van der Waals surface area contributed by atoms with Crippen molar-refractivity contribution in [2.24, 2.45) is 23.7 Å². The molecule has 52 heavy (non-hydrogen) atoms. The Morgan fingerprint density at radius 3 is 1.17 bits per heavy atom. The molecule has 0 amide bonds. The molecule has 2 saturated carbocycles. The molecule has 1 aromatic carbocycles. The van der Waals surface area contributed by atoms with Crippen LogP contribution in [0.4, 0.5) is 0 Å². The minimum Gasteiger partial charge on any atom is -0.352 e. The van der Waals surface area contributed by atoms with E-state index in [1.54, 1.807) is 11.1 Å². The lowest BCUT2D eigenvalue weighted by atomic mass is 9.75. The first kappa shape index (κ1) is 42.2. The van der Waals surface area contributed by atoms with Gasteiger partial charge in [0.1, 0.15) is 0 Å². The van der Waals surface area contributed by atoms with Crippen molar-refractivity contribution in [2.45, 2.75) is 231 Å². The van der Waals surface area contributed by atoms with Crippen molar-refractivity contribution in [2.75, 3.05) is 13.2 Å². The van der Waals surface area contributed by atoms with E-state index in [0.717, 1.165) is 49.7 Å². The summed E-state index contributed by atoms with van der Waals surface area (Å²) < 4.78 is 25.2. The zero-order valence-corrected chi connectivity index (χ0v) is 34.5. The van der Waals surface area contributed by atoms with E-state index in [-0.39, 0.29) is 12.6 Å². The van der Waals surface area contributed by atoms with Crippen LogP contribution < -0.4 is 0 Å². The molecule has 2 aliphatic carbocycles. The topological polar surface area (TPSA) is 36.9 Å². The third-order valence-electron chi connectivity index (χ3n) is 14.1. The molecular weight excluding hydrogens is 641 g/mol. The fourth-order valence-corrected chi connectivity index (χ4v) is 10.2. The molecule has 1 aromatic rings. The summed E-state index contributed by atoms with van der Waals surface area (Å²) in [6.07, 6.45) is 35.1. The highest BCUT2D eigenvalue weighted by Crippen LogP contribution is 2.41. The largest absolute Gasteiger partial charge is 0.352 e. The molecular formula is C48H82O4. The molecule has 0 N–H and O–H groups in total. The molecule has 2 unspecified atom stereocenters. The lowest BCUT2D eigenvalue weighted by molar-refractivity contribution is -0.236. The van der Waals surface area contributed by atoms with Crippen LogP contribution in [0, 0.1) is 23.7 Å². The Morgan fingerprint density at radius 2 is 0.808 bits per heavy atom. The van der Waals surface area contributed by atoms with Crippen molar-refractivity contribution in [1.82, 2.24) is 0 Å². The van der Waals surface area contributed by atoms with Crippen molar-refractivity contribution in [3.63, 3.8) is 0 Å². The van der Waals surface area contributed by atoms with E-state index in [1.807, 2.05) is 0 Å². The lowest BCUT2D eigenvalue weighted by Gasteiger charge is -2.36. The molecule has 2 saturated heterocycles. The quantitative estimate of drug-likeness (QED) is 0.112. The van der Waals surface area contributed by atoms with Gasteiger partial charge < -0.3 is 18.9 Å². The first-order valence-corrected chi connectivity index (χ1v) is 23.2. The van der Waals surface area contributed by atoms with E-state index < -0.39 is 0 Å². The van der Waals surface area contributed by atoms with Gasteiger partial charge in [-0.05, 0) is 139 Å². The van der Waals surface area contributed by atoms with E-state index in [2.05, 4.69) is 52.0 Å². The molecule has 4 aliphatic rings. The highest BCUT2D eigenvalue weighted by Gasteiger charge is 2.32. The van der Waals surface area contributed by atoms with Crippen LogP contribution >= 0.6 is 0 Å². The van der Waals surface area contributed by atoms with Gasteiger partial charge in [-0.3, -0.25) is 0 Å². The lowest BCUT2D eigenvalue weighted by Crippen LogP contribution is -2.38. The SMILES string of the molecule is CCCCCCCC[C@@H]1CO[C@@H](CCC2CCC(c3ccc(C4CCC(CC[C@@H]5OC[C@@H](CCCCCCCC)C(C)O5)CC4)cc3)CC2)OC1C. The molecule has 0 bridgehead atoms. The van der Waals surface area contributed by atoms with E-state index in [1.165, 1.54) is 154 Å². The predicted molar refractivity (Wildman–Crippen MR) is 218 cm³/mol. The molecule has 0 radical (unpaired) electrons. The van der Waals surface area contributed by atoms with Gasteiger partial charge in [0.2, 0.25) is 0 Å². The second kappa shape index (κ2) is 23.9. The van der Waals surface area contributed by atoms with Gasteiger partial charge >= 0.3 is 0 Å². The molecule has 0 aromatic heterocycles. The minimum absolute atomic E-state index is 0.0207. The monoisotopic (exact) mass is 723 g/mol. The number of hydrogen-bond donors (Lipinski definition) is 0. The van der Waals surface area contributed by atoms with E-state index in [0.29, 0.717) is 24.0 Å². The standard InChI is InChI=1S/C48H82O4/c1-5-7-9-11-13-15-17-45-35-49-47(51-37(45)3)33-23-39-19-25-41(26-20-39)43-29-31-44(32-30-43)42-27-21-40(22-28-42)24-34-48-50-36-46(38(4)52-48)18-16-14-12-10-8-6-2/h29-32,37-42,45-48H,5-28,33-36H2,1-4H3/t37?,38?,39?,40?,41?,42?,45-,46-,47-,48-/m1/s1. The first-order valence-electron chi connectivity index (χ1n) is 23.2. The van der Waals surface area contributed by atoms with Gasteiger partial charge in [-0.15, -0.1) is 0 Å². The normalized spacial score (nSPS) is 32.9. The Kier molecular flexibility index (Phi) is 19.4. The average Bonchev–Trinajstić information content (AvgIpc) is 3.17. The smallest absolute Gasteiger partial charge is 0.157 e. The highest BCUT2D eigenvalue weighted by atomic mass is 16.7. The van der Waals surface area contributed by atoms with E-state index in [9.17, 15) is 0 Å². The number of benzene rings is 1. The summed E-state index contributed by atoms with van der Waals surface area (Å²) in [6.45, 7) is 11.0. The molecule has 0 spiro atoms. The molecule has 6 atom stereocenters. The van der Waals surface area contributed by atoms with Crippen LogP contribution in [0.1, 0.15) is 218 Å². The van der Waals surface area contributed by atoms with Crippen LogP contribution in [0.3, 0.4) is 0 Å². The van der Waals surface area contributed by atoms with Gasteiger partial charge in [0.25, 0.3) is 0 Å². The molecule has 4 fully saturated rings. The Morgan fingerprint density at radius 1 is 0.442 bits per heavy atom. The summed E-state index contributed by atoms with van der Waals surface area (Å²) in [7, 11) is 0. The minimum atomic E-state index is 0.0207. The molecule has 5 rings (SSSR count). The zero-order valence-electron chi connectivity index (χ0n) is 34.5. The third kappa shape index (κ3) is 14.3. The summed E-state index contributed by atoms with van der Waals surface area (Å²) >= 11 is 0. The van der Waals surface area contributed by atoms with Crippen LogP contribution in [0.2, 0.25) is 0 Å². The summed E-state index contributed by atoms with van der Waals surface area (Å²) in [5, 5.41) is 0. The molecule has 298 valence electrons. The van der Waals surface area contributed by atoms with Crippen molar-refractivity contribution >= 4 is 0 Å². The van der Waals surface area contributed by atoms with Crippen LogP contribution in [-0.2, 0) is 18.9 Å². The van der Waals surface area contributed by atoms with Crippen LogP contribution in [0.25, 0.3) is 0 Å². The Balaban J connectivity index is 0.904. The number of unbranched alkanes of at least 4 members (excludes halogenated alkanes) is 10. The Labute approximate surface area is 321 Å². The van der Waals surface area contributed by atoms with Gasteiger partial charge in [-0.25, -0.2) is 0 Å². The first-order chi connectivity index (χ1) is 25.5. The molecule has 2 aliphatic heterocycles. The maximum absolute atomic E-state index is 6.37. The predicted octanol–water partition coefficient (Wildman–Crippen LogP) is 14.1. The number of ether oxygens (including phenoxy) is 4. The van der Waals surface area contributed by atoms with Crippen LogP contribution in [0.5, 0.6) is 0 Å². The van der Waals surface area contributed by atoms with Crippen molar-refractivity contribution < 1.29 is 18.9 Å². The van der Waals surface area contributed by atoms with Gasteiger partial charge in [0.15, 0.2) is 12.6 Å². The number of hydrogen-bond acceptors (Lipinski definition) is 4. The Hall–Kier alpha value is -0.940. The zero-order chi connectivity index (χ0) is 36.4. The van der Waals surface area contributed by atoms with Crippen molar-refractivity contribution in [1.29, 1.82) is 0 Å². The second-order valence-corrected chi connectivity index (χ2v) is 18.1. The summed E-state index contributed by atoms with van der Waals surface area (Å²) in [4.78, 5) is 0.